The lowest BCUT2D eigenvalue weighted by Crippen LogP contribution is -2.13. The second kappa shape index (κ2) is 9.52. The minimum Gasteiger partial charge on any atom is -0.411 e. The summed E-state index contributed by atoms with van der Waals surface area (Å²) < 4.78 is 5.73. The van der Waals surface area contributed by atoms with Crippen molar-refractivity contribution >= 4 is 29.1 Å². The third kappa shape index (κ3) is 5.77. The number of para-hydroxylation sites is 1. The summed E-state index contributed by atoms with van der Waals surface area (Å²) in [6, 6.07) is 13.1. The van der Waals surface area contributed by atoms with Crippen molar-refractivity contribution in [3.63, 3.8) is 0 Å². The molecule has 150 valence electrons. The molecule has 0 aliphatic heterocycles. The van der Waals surface area contributed by atoms with Crippen molar-refractivity contribution in [3.05, 3.63) is 59.2 Å². The van der Waals surface area contributed by atoms with Gasteiger partial charge in [-0.05, 0) is 51.5 Å². The van der Waals surface area contributed by atoms with E-state index in [0.717, 1.165) is 16.7 Å². The molecule has 0 bridgehead atoms. The number of hydrogen-bond acceptors (Lipinski definition) is 6. The van der Waals surface area contributed by atoms with Crippen molar-refractivity contribution in [2.24, 2.45) is 0 Å². The first-order chi connectivity index (χ1) is 13.9. The number of carbonyl (C=O) groups excluding carboxylic acids is 2. The first-order valence-electron chi connectivity index (χ1n) is 9.37. The number of aromatic nitrogens is 2. The molecule has 3 aromatic rings. The predicted octanol–water partition coefficient (Wildman–Crippen LogP) is 5.07. The third-order valence-electron chi connectivity index (χ3n) is 4.23. The lowest BCUT2D eigenvalue weighted by Gasteiger charge is -2.08. The Kier molecular flexibility index (Phi) is 6.82. The van der Waals surface area contributed by atoms with Crippen LogP contribution in [-0.4, -0.2) is 27.6 Å². The van der Waals surface area contributed by atoms with E-state index in [9.17, 15) is 9.59 Å². The Bertz CT molecular complexity index is 1010. The highest BCUT2D eigenvalue weighted by Gasteiger charge is 2.12. The Labute approximate surface area is 174 Å². The van der Waals surface area contributed by atoms with Crippen LogP contribution in [0.3, 0.4) is 0 Å². The lowest BCUT2D eigenvalue weighted by atomic mass is 10.1. The number of nitrogens with one attached hydrogen (secondary N) is 1. The standard InChI is InChI=1S/C22H23N3O3S/c1-14-11-15(2)13-17(12-14)21-24-25-22(28-21)29-10-6-9-20(27)23-19-8-5-4-7-18(19)16(3)26/h4-5,7-8,11-13H,6,9-10H2,1-3H3,(H,23,27). The van der Waals surface area contributed by atoms with Gasteiger partial charge in [-0.3, -0.25) is 9.59 Å². The van der Waals surface area contributed by atoms with Crippen molar-refractivity contribution < 1.29 is 14.0 Å². The molecule has 0 fully saturated rings. The van der Waals surface area contributed by atoms with Crippen LogP contribution in [0.4, 0.5) is 5.69 Å². The number of ketones is 1. The molecule has 6 nitrogen and oxygen atoms in total. The van der Waals surface area contributed by atoms with E-state index in [-0.39, 0.29) is 11.7 Å². The maximum absolute atomic E-state index is 12.2. The fourth-order valence-electron chi connectivity index (χ4n) is 2.99. The second-order valence-electron chi connectivity index (χ2n) is 6.85. The Morgan fingerprint density at radius 1 is 1.07 bits per heavy atom. The molecule has 2 aromatic carbocycles. The van der Waals surface area contributed by atoms with Gasteiger partial charge in [0.05, 0.1) is 5.69 Å². The minimum absolute atomic E-state index is 0.0764. The van der Waals surface area contributed by atoms with Crippen molar-refractivity contribution in [2.45, 2.75) is 38.8 Å². The average Bonchev–Trinajstić information content (AvgIpc) is 3.14. The molecule has 0 saturated carbocycles. The first kappa shape index (κ1) is 20.8. The summed E-state index contributed by atoms with van der Waals surface area (Å²) in [4.78, 5) is 23.8. The minimum atomic E-state index is -0.124. The summed E-state index contributed by atoms with van der Waals surface area (Å²) in [5.41, 5.74) is 4.26. The van der Waals surface area contributed by atoms with E-state index in [1.165, 1.54) is 18.7 Å². The first-order valence-corrected chi connectivity index (χ1v) is 10.4. The van der Waals surface area contributed by atoms with Crippen molar-refractivity contribution in [1.82, 2.24) is 10.2 Å². The summed E-state index contributed by atoms with van der Waals surface area (Å²) >= 11 is 1.43. The topological polar surface area (TPSA) is 85.1 Å². The SMILES string of the molecule is CC(=O)c1ccccc1NC(=O)CCCSc1nnc(-c2cc(C)cc(C)c2)o1. The molecule has 7 heteroatoms. The van der Waals surface area contributed by atoms with Gasteiger partial charge in [0.25, 0.3) is 5.22 Å². The van der Waals surface area contributed by atoms with Crippen LogP contribution in [0.2, 0.25) is 0 Å². The monoisotopic (exact) mass is 409 g/mol. The normalized spacial score (nSPS) is 10.7. The van der Waals surface area contributed by atoms with E-state index in [4.69, 9.17) is 4.42 Å². The fraction of sp³-hybridized carbons (Fsp3) is 0.273. The van der Waals surface area contributed by atoms with E-state index < -0.39 is 0 Å². The zero-order chi connectivity index (χ0) is 20.8. The van der Waals surface area contributed by atoms with Crippen LogP contribution in [-0.2, 0) is 4.79 Å². The highest BCUT2D eigenvalue weighted by molar-refractivity contribution is 7.99. The number of anilines is 1. The molecule has 0 saturated heterocycles. The lowest BCUT2D eigenvalue weighted by molar-refractivity contribution is -0.116. The molecule has 1 heterocycles. The van der Waals surface area contributed by atoms with Crippen LogP contribution in [0, 0.1) is 13.8 Å². The zero-order valence-corrected chi connectivity index (χ0v) is 17.5. The summed E-state index contributed by atoms with van der Waals surface area (Å²) in [5, 5.41) is 11.5. The van der Waals surface area contributed by atoms with Gasteiger partial charge in [-0.15, -0.1) is 10.2 Å². The number of benzene rings is 2. The molecule has 29 heavy (non-hydrogen) atoms. The number of amides is 1. The molecule has 1 aromatic heterocycles. The van der Waals surface area contributed by atoms with E-state index in [2.05, 4.69) is 21.6 Å². The number of carbonyl (C=O) groups is 2. The summed E-state index contributed by atoms with van der Waals surface area (Å²) in [7, 11) is 0. The Hall–Kier alpha value is -2.93. The van der Waals surface area contributed by atoms with Gasteiger partial charge in [0.2, 0.25) is 11.8 Å². The molecule has 0 atom stereocenters. The molecule has 0 aliphatic rings. The van der Waals surface area contributed by atoms with Gasteiger partial charge in [0, 0.05) is 23.3 Å². The Morgan fingerprint density at radius 2 is 1.79 bits per heavy atom. The van der Waals surface area contributed by atoms with Gasteiger partial charge in [0.1, 0.15) is 0 Å². The second-order valence-corrected chi connectivity index (χ2v) is 7.90. The molecule has 3 rings (SSSR count). The fourth-order valence-corrected chi connectivity index (χ4v) is 3.69. The third-order valence-corrected chi connectivity index (χ3v) is 5.13. The van der Waals surface area contributed by atoms with Gasteiger partial charge in [0.15, 0.2) is 5.78 Å². The van der Waals surface area contributed by atoms with E-state index in [1.54, 1.807) is 24.3 Å². The predicted molar refractivity (Wildman–Crippen MR) is 114 cm³/mol. The number of Topliss-reactive ketones (excluding diaryl/α,β-unsaturated/α-hetero) is 1. The van der Waals surface area contributed by atoms with Crippen LogP contribution in [0.1, 0.15) is 41.3 Å². The van der Waals surface area contributed by atoms with Crippen LogP contribution >= 0.6 is 11.8 Å². The van der Waals surface area contributed by atoms with Crippen LogP contribution in [0.25, 0.3) is 11.5 Å². The van der Waals surface area contributed by atoms with E-state index in [0.29, 0.717) is 41.0 Å². The summed E-state index contributed by atoms with van der Waals surface area (Å²) in [6.45, 7) is 5.54. The van der Waals surface area contributed by atoms with Gasteiger partial charge < -0.3 is 9.73 Å². The van der Waals surface area contributed by atoms with Gasteiger partial charge >= 0.3 is 0 Å². The van der Waals surface area contributed by atoms with E-state index in [1.807, 2.05) is 26.0 Å². The maximum atomic E-state index is 12.2. The molecule has 0 unspecified atom stereocenters. The Balaban J connectivity index is 1.48. The molecule has 0 spiro atoms. The van der Waals surface area contributed by atoms with Crippen molar-refractivity contribution in [3.8, 4) is 11.5 Å². The van der Waals surface area contributed by atoms with Gasteiger partial charge in [-0.1, -0.05) is 41.1 Å². The molecular weight excluding hydrogens is 386 g/mol. The molecular formula is C22H23N3O3S. The Morgan fingerprint density at radius 3 is 2.52 bits per heavy atom. The quantitative estimate of drug-likeness (QED) is 0.318. The van der Waals surface area contributed by atoms with Crippen LogP contribution in [0.5, 0.6) is 0 Å². The summed E-state index contributed by atoms with van der Waals surface area (Å²) in [5.74, 6) is 0.974. The maximum Gasteiger partial charge on any atom is 0.276 e. The molecule has 1 amide bonds. The number of hydrogen-bond donors (Lipinski definition) is 1. The highest BCUT2D eigenvalue weighted by atomic mass is 32.2. The largest absolute Gasteiger partial charge is 0.411 e. The van der Waals surface area contributed by atoms with Gasteiger partial charge in [-0.2, -0.15) is 0 Å². The number of rotatable bonds is 8. The van der Waals surface area contributed by atoms with E-state index >= 15 is 0 Å². The smallest absolute Gasteiger partial charge is 0.276 e. The van der Waals surface area contributed by atoms with Gasteiger partial charge in [-0.25, -0.2) is 0 Å². The van der Waals surface area contributed by atoms with Crippen LogP contribution in [0.15, 0.2) is 52.1 Å². The molecule has 0 radical (unpaired) electrons. The molecule has 0 aliphatic carbocycles. The highest BCUT2D eigenvalue weighted by Crippen LogP contribution is 2.25. The number of thioether (sulfide) groups is 1. The van der Waals surface area contributed by atoms with Crippen molar-refractivity contribution in [2.75, 3.05) is 11.1 Å². The number of aryl methyl sites for hydroxylation is 2. The summed E-state index contributed by atoms with van der Waals surface area (Å²) in [6.07, 6.45) is 0.997. The van der Waals surface area contributed by atoms with Crippen molar-refractivity contribution in [1.29, 1.82) is 0 Å². The number of nitrogens with zero attached hydrogens (tertiary/aromatic N) is 2. The average molecular weight is 410 g/mol. The van der Waals surface area contributed by atoms with Crippen LogP contribution < -0.4 is 5.32 Å². The zero-order valence-electron chi connectivity index (χ0n) is 16.7. The molecule has 1 N–H and O–H groups in total.